The molecule has 3 heterocycles. The smallest absolute Gasteiger partial charge is 0.274 e. The van der Waals surface area contributed by atoms with Crippen LogP contribution in [0.1, 0.15) is 17.4 Å². The number of halogens is 2. The molecule has 1 aromatic carbocycles. The van der Waals surface area contributed by atoms with E-state index in [1.807, 2.05) is 17.5 Å². The molecule has 0 N–H and O–H groups in total. The van der Waals surface area contributed by atoms with Gasteiger partial charge in [-0.25, -0.2) is 4.68 Å². The van der Waals surface area contributed by atoms with Crippen LogP contribution in [0.4, 0.5) is 0 Å². The van der Waals surface area contributed by atoms with Gasteiger partial charge in [-0.05, 0) is 35.7 Å². The Morgan fingerprint density at radius 3 is 2.24 bits per heavy atom. The first-order chi connectivity index (χ1) is 13.9. The van der Waals surface area contributed by atoms with Crippen molar-refractivity contribution in [3.63, 3.8) is 0 Å². The number of amides is 2. The van der Waals surface area contributed by atoms with Crippen LogP contribution < -0.4 is 0 Å². The molecule has 150 valence electrons. The number of thiophene rings is 1. The first-order valence-electron chi connectivity index (χ1n) is 9.07. The van der Waals surface area contributed by atoms with Gasteiger partial charge >= 0.3 is 0 Å². The Kier molecular flexibility index (Phi) is 5.63. The number of hydrogen-bond donors (Lipinski definition) is 0. The maximum Gasteiger partial charge on any atom is 0.274 e. The molecule has 0 radical (unpaired) electrons. The molecule has 2 amide bonds. The van der Waals surface area contributed by atoms with E-state index in [1.165, 1.54) is 0 Å². The maximum absolute atomic E-state index is 13.1. The molecule has 0 atom stereocenters. The first kappa shape index (κ1) is 19.9. The number of piperazine rings is 1. The Bertz CT molecular complexity index is 1040. The Morgan fingerprint density at radius 2 is 1.66 bits per heavy atom. The number of rotatable bonds is 3. The van der Waals surface area contributed by atoms with Crippen molar-refractivity contribution in [3.8, 4) is 16.3 Å². The van der Waals surface area contributed by atoms with Gasteiger partial charge in [0.25, 0.3) is 5.91 Å². The molecule has 0 bridgehead atoms. The van der Waals surface area contributed by atoms with Crippen LogP contribution >= 0.6 is 34.5 Å². The third-order valence-electron chi connectivity index (χ3n) is 4.81. The minimum Gasteiger partial charge on any atom is -0.339 e. The van der Waals surface area contributed by atoms with Gasteiger partial charge in [0, 0.05) is 43.1 Å². The number of aromatic nitrogens is 2. The molecule has 1 aliphatic rings. The van der Waals surface area contributed by atoms with Gasteiger partial charge in [-0.1, -0.05) is 29.3 Å². The topological polar surface area (TPSA) is 58.4 Å². The molecule has 0 spiro atoms. The predicted molar refractivity (Wildman–Crippen MR) is 115 cm³/mol. The van der Waals surface area contributed by atoms with Crippen LogP contribution in [0.2, 0.25) is 10.0 Å². The van der Waals surface area contributed by atoms with Crippen molar-refractivity contribution in [1.82, 2.24) is 19.6 Å². The van der Waals surface area contributed by atoms with Gasteiger partial charge in [-0.15, -0.1) is 11.3 Å². The van der Waals surface area contributed by atoms with Crippen molar-refractivity contribution in [3.05, 3.63) is 57.5 Å². The second-order valence-corrected chi connectivity index (χ2v) is 8.55. The summed E-state index contributed by atoms with van der Waals surface area (Å²) in [6.07, 6.45) is 0. The van der Waals surface area contributed by atoms with Crippen LogP contribution in [0, 0.1) is 0 Å². The van der Waals surface area contributed by atoms with Crippen molar-refractivity contribution in [2.45, 2.75) is 6.92 Å². The Morgan fingerprint density at radius 1 is 1.00 bits per heavy atom. The fraction of sp³-hybridized carbons (Fsp3) is 0.250. The quantitative estimate of drug-likeness (QED) is 0.602. The highest BCUT2D eigenvalue weighted by molar-refractivity contribution is 7.13. The highest BCUT2D eigenvalue weighted by Crippen LogP contribution is 2.30. The Labute approximate surface area is 182 Å². The molecule has 1 fully saturated rings. The minimum absolute atomic E-state index is 0.0270. The van der Waals surface area contributed by atoms with E-state index in [4.69, 9.17) is 23.2 Å². The van der Waals surface area contributed by atoms with Crippen LogP contribution in [0.5, 0.6) is 0 Å². The Hall–Kier alpha value is -2.35. The highest BCUT2D eigenvalue weighted by atomic mass is 35.5. The largest absolute Gasteiger partial charge is 0.339 e. The van der Waals surface area contributed by atoms with Crippen molar-refractivity contribution in [1.29, 1.82) is 0 Å². The van der Waals surface area contributed by atoms with E-state index in [-0.39, 0.29) is 11.8 Å². The van der Waals surface area contributed by atoms with Crippen molar-refractivity contribution < 1.29 is 9.59 Å². The monoisotopic (exact) mass is 448 g/mol. The molecule has 0 saturated carbocycles. The van der Waals surface area contributed by atoms with Gasteiger partial charge in [0.05, 0.1) is 16.3 Å². The molecule has 4 rings (SSSR count). The summed E-state index contributed by atoms with van der Waals surface area (Å²) in [7, 11) is 0. The van der Waals surface area contributed by atoms with Crippen LogP contribution in [-0.2, 0) is 4.79 Å². The van der Waals surface area contributed by atoms with E-state index in [0.29, 0.717) is 47.6 Å². The fourth-order valence-electron chi connectivity index (χ4n) is 3.33. The summed E-state index contributed by atoms with van der Waals surface area (Å²) in [5.74, 6) is -0.128. The summed E-state index contributed by atoms with van der Waals surface area (Å²) in [5, 5.41) is 7.54. The fourth-order valence-corrected chi connectivity index (χ4v) is 4.57. The molecular weight excluding hydrogens is 431 g/mol. The average molecular weight is 449 g/mol. The highest BCUT2D eigenvalue weighted by Gasteiger charge is 2.26. The lowest BCUT2D eigenvalue weighted by Gasteiger charge is -2.33. The maximum atomic E-state index is 13.1. The van der Waals surface area contributed by atoms with Crippen molar-refractivity contribution >= 4 is 46.4 Å². The van der Waals surface area contributed by atoms with E-state index in [0.717, 1.165) is 10.6 Å². The summed E-state index contributed by atoms with van der Waals surface area (Å²) >= 11 is 13.9. The molecule has 9 heteroatoms. The second kappa shape index (κ2) is 8.18. The van der Waals surface area contributed by atoms with Gasteiger partial charge in [0.15, 0.2) is 5.69 Å². The van der Waals surface area contributed by atoms with Gasteiger partial charge in [0.2, 0.25) is 5.91 Å². The van der Waals surface area contributed by atoms with Crippen LogP contribution in [-0.4, -0.2) is 57.6 Å². The average Bonchev–Trinajstić information content (AvgIpc) is 3.36. The number of carbonyl (C=O) groups is 2. The zero-order chi connectivity index (χ0) is 20.5. The molecule has 0 unspecified atom stereocenters. The van der Waals surface area contributed by atoms with E-state index in [2.05, 4.69) is 5.10 Å². The normalized spacial score (nSPS) is 14.3. The molecule has 3 aromatic rings. The lowest BCUT2D eigenvalue weighted by Crippen LogP contribution is -2.50. The third-order valence-corrected chi connectivity index (χ3v) is 6.14. The molecule has 1 saturated heterocycles. The molecule has 2 aromatic heterocycles. The predicted octanol–water partition coefficient (Wildman–Crippen LogP) is 4.21. The number of nitrogens with zero attached hydrogens (tertiary/aromatic N) is 4. The Balaban J connectivity index is 1.68. The van der Waals surface area contributed by atoms with E-state index in [9.17, 15) is 9.59 Å². The van der Waals surface area contributed by atoms with Crippen LogP contribution in [0.25, 0.3) is 16.3 Å². The van der Waals surface area contributed by atoms with Gasteiger partial charge in [-0.3, -0.25) is 9.59 Å². The summed E-state index contributed by atoms with van der Waals surface area (Å²) in [5.41, 5.74) is 1.83. The zero-order valence-electron chi connectivity index (χ0n) is 15.6. The van der Waals surface area contributed by atoms with Crippen LogP contribution in [0.15, 0.2) is 41.8 Å². The van der Waals surface area contributed by atoms with E-state index >= 15 is 0 Å². The zero-order valence-corrected chi connectivity index (χ0v) is 18.0. The molecule has 29 heavy (non-hydrogen) atoms. The number of carbonyl (C=O) groups excluding carboxylic acids is 2. The van der Waals surface area contributed by atoms with E-state index in [1.54, 1.807) is 57.0 Å². The summed E-state index contributed by atoms with van der Waals surface area (Å²) in [6.45, 7) is 3.58. The minimum atomic E-state index is -0.155. The molecule has 1 aliphatic heterocycles. The molecular formula is C20H18Cl2N4O2S. The lowest BCUT2D eigenvalue weighted by atomic mass is 10.2. The van der Waals surface area contributed by atoms with E-state index < -0.39 is 0 Å². The summed E-state index contributed by atoms with van der Waals surface area (Å²) < 4.78 is 1.70. The van der Waals surface area contributed by atoms with Gasteiger partial charge < -0.3 is 9.80 Å². The molecule has 0 aliphatic carbocycles. The lowest BCUT2D eigenvalue weighted by molar-refractivity contribution is -0.130. The first-order valence-corrected chi connectivity index (χ1v) is 10.7. The number of hydrogen-bond acceptors (Lipinski definition) is 4. The van der Waals surface area contributed by atoms with Gasteiger partial charge in [0.1, 0.15) is 0 Å². The third kappa shape index (κ3) is 4.17. The number of benzene rings is 1. The van der Waals surface area contributed by atoms with Crippen LogP contribution in [0.3, 0.4) is 0 Å². The van der Waals surface area contributed by atoms with Crippen molar-refractivity contribution in [2.75, 3.05) is 26.2 Å². The standard InChI is InChI=1S/C20H18Cl2N4O2S/c1-13(27)24-4-6-25(7-5-24)20(28)17-12-18(19-3-2-8-29-19)26(23-17)16-10-14(21)9-15(22)11-16/h2-3,8-12H,4-7H2,1H3. The summed E-state index contributed by atoms with van der Waals surface area (Å²) in [4.78, 5) is 29.1. The summed E-state index contributed by atoms with van der Waals surface area (Å²) in [6, 6.07) is 10.9. The van der Waals surface area contributed by atoms with Gasteiger partial charge in [-0.2, -0.15) is 5.10 Å². The van der Waals surface area contributed by atoms with Crippen molar-refractivity contribution in [2.24, 2.45) is 0 Å². The SMILES string of the molecule is CC(=O)N1CCN(C(=O)c2cc(-c3cccs3)n(-c3cc(Cl)cc(Cl)c3)n2)CC1. The second-order valence-electron chi connectivity index (χ2n) is 6.73. The molecule has 6 nitrogen and oxygen atoms in total.